The third-order valence-corrected chi connectivity index (χ3v) is 7.81. The van der Waals surface area contributed by atoms with Gasteiger partial charge in [0.25, 0.3) is 10.0 Å². The first kappa shape index (κ1) is 19.9. The summed E-state index contributed by atoms with van der Waals surface area (Å²) >= 11 is 7.43. The van der Waals surface area contributed by atoms with Crippen LogP contribution in [0.4, 0.5) is 0 Å². The molecule has 0 unspecified atom stereocenters. The van der Waals surface area contributed by atoms with Crippen molar-refractivity contribution < 1.29 is 18.3 Å². The van der Waals surface area contributed by atoms with E-state index in [9.17, 15) is 13.2 Å². The number of aromatic nitrogens is 2. The number of hydrogen-bond donors (Lipinski definition) is 1. The third-order valence-electron chi connectivity index (χ3n) is 4.62. The maximum absolute atomic E-state index is 13.7. The van der Waals surface area contributed by atoms with Gasteiger partial charge in [-0.15, -0.1) is 11.3 Å². The quantitative estimate of drug-likeness (QED) is 0.455. The molecule has 4 aromatic rings. The SMILES string of the molecule is Cc1nc2cccc(S(=O)(=O)n3c(CCCC(=O)O)cc4cc(Cl)ccc43)c2s1. The number of carboxylic acid groups (broad SMARTS) is 1. The molecule has 0 fully saturated rings. The number of nitrogens with zero attached hydrogens (tertiary/aromatic N) is 2. The van der Waals surface area contributed by atoms with E-state index in [2.05, 4.69) is 4.98 Å². The lowest BCUT2D eigenvalue weighted by Gasteiger charge is -2.12. The number of thiazole rings is 1. The van der Waals surface area contributed by atoms with Crippen molar-refractivity contribution in [2.45, 2.75) is 31.1 Å². The van der Waals surface area contributed by atoms with Gasteiger partial charge in [0.1, 0.15) is 4.90 Å². The zero-order chi connectivity index (χ0) is 20.8. The average molecular weight is 449 g/mol. The summed E-state index contributed by atoms with van der Waals surface area (Å²) in [6.45, 7) is 1.84. The number of rotatable bonds is 6. The van der Waals surface area contributed by atoms with Gasteiger partial charge in [-0.1, -0.05) is 17.7 Å². The van der Waals surface area contributed by atoms with Gasteiger partial charge < -0.3 is 5.11 Å². The van der Waals surface area contributed by atoms with Gasteiger partial charge >= 0.3 is 5.97 Å². The predicted octanol–water partition coefficient (Wildman–Crippen LogP) is 4.86. The Bertz CT molecular complexity index is 1360. The van der Waals surface area contributed by atoms with Crippen LogP contribution in [0.2, 0.25) is 5.02 Å². The Kier molecular flexibility index (Phi) is 5.10. The van der Waals surface area contributed by atoms with Gasteiger partial charge in [0, 0.05) is 22.5 Å². The van der Waals surface area contributed by atoms with Crippen LogP contribution in [0.25, 0.3) is 21.1 Å². The number of aryl methyl sites for hydroxylation is 2. The lowest BCUT2D eigenvalue weighted by Crippen LogP contribution is -2.16. The molecule has 4 rings (SSSR count). The molecule has 0 saturated heterocycles. The highest BCUT2D eigenvalue weighted by Crippen LogP contribution is 2.34. The largest absolute Gasteiger partial charge is 0.481 e. The van der Waals surface area contributed by atoms with Crippen LogP contribution in [0.15, 0.2) is 47.4 Å². The number of halogens is 1. The van der Waals surface area contributed by atoms with E-state index in [0.29, 0.717) is 44.7 Å². The van der Waals surface area contributed by atoms with Gasteiger partial charge in [-0.25, -0.2) is 17.4 Å². The molecule has 0 spiro atoms. The summed E-state index contributed by atoms with van der Waals surface area (Å²) in [5, 5.41) is 10.9. The van der Waals surface area contributed by atoms with Crippen LogP contribution in [0, 0.1) is 6.92 Å². The first-order chi connectivity index (χ1) is 13.8. The van der Waals surface area contributed by atoms with Crippen molar-refractivity contribution in [3.63, 3.8) is 0 Å². The highest BCUT2D eigenvalue weighted by molar-refractivity contribution is 7.90. The second-order valence-corrected chi connectivity index (χ2v) is 10.1. The Hall–Kier alpha value is -2.42. The predicted molar refractivity (Wildman–Crippen MR) is 114 cm³/mol. The van der Waals surface area contributed by atoms with Crippen molar-refractivity contribution >= 4 is 60.0 Å². The van der Waals surface area contributed by atoms with Crippen molar-refractivity contribution in [2.24, 2.45) is 0 Å². The molecule has 0 aliphatic heterocycles. The van der Waals surface area contributed by atoms with Gasteiger partial charge in [-0.05, 0) is 56.2 Å². The molecule has 2 aromatic carbocycles. The van der Waals surface area contributed by atoms with Crippen LogP contribution in [0.1, 0.15) is 23.5 Å². The summed E-state index contributed by atoms with van der Waals surface area (Å²) in [4.78, 5) is 15.5. The fraction of sp³-hybridized carbons (Fsp3) is 0.200. The minimum atomic E-state index is -3.93. The van der Waals surface area contributed by atoms with Gasteiger partial charge in [-0.3, -0.25) is 4.79 Å². The molecule has 29 heavy (non-hydrogen) atoms. The molecule has 0 saturated carbocycles. The molecule has 0 amide bonds. The first-order valence-electron chi connectivity index (χ1n) is 8.91. The zero-order valence-electron chi connectivity index (χ0n) is 15.4. The smallest absolute Gasteiger partial charge is 0.303 e. The minimum absolute atomic E-state index is 0.0358. The molecule has 0 aliphatic rings. The van der Waals surface area contributed by atoms with E-state index in [1.165, 1.54) is 15.3 Å². The monoisotopic (exact) mass is 448 g/mol. The number of aliphatic carboxylic acids is 1. The molecule has 2 aromatic heterocycles. The number of carboxylic acids is 1. The van der Waals surface area contributed by atoms with E-state index in [-0.39, 0.29) is 11.3 Å². The fourth-order valence-corrected chi connectivity index (χ4v) is 6.55. The lowest BCUT2D eigenvalue weighted by molar-refractivity contribution is -0.137. The molecular weight excluding hydrogens is 432 g/mol. The summed E-state index contributed by atoms with van der Waals surface area (Å²) < 4.78 is 29.4. The summed E-state index contributed by atoms with van der Waals surface area (Å²) in [5.41, 5.74) is 1.68. The molecule has 1 N–H and O–H groups in total. The molecule has 2 heterocycles. The van der Waals surface area contributed by atoms with Crippen LogP contribution in [-0.4, -0.2) is 28.5 Å². The molecule has 0 aliphatic carbocycles. The molecule has 6 nitrogen and oxygen atoms in total. The normalized spacial score (nSPS) is 12.1. The summed E-state index contributed by atoms with van der Waals surface area (Å²) in [6.07, 6.45) is 0.611. The van der Waals surface area contributed by atoms with Gasteiger partial charge in [0.05, 0.1) is 20.7 Å². The van der Waals surface area contributed by atoms with E-state index in [1.807, 2.05) is 6.92 Å². The number of fused-ring (bicyclic) bond motifs is 2. The second kappa shape index (κ2) is 7.44. The molecule has 9 heteroatoms. The van der Waals surface area contributed by atoms with E-state index < -0.39 is 16.0 Å². The van der Waals surface area contributed by atoms with Gasteiger partial charge in [0.15, 0.2) is 0 Å². The van der Waals surface area contributed by atoms with Crippen molar-refractivity contribution in [3.05, 3.63) is 58.2 Å². The van der Waals surface area contributed by atoms with E-state index in [1.54, 1.807) is 42.5 Å². The second-order valence-electron chi connectivity index (χ2n) is 6.69. The molecule has 0 radical (unpaired) electrons. The standard InChI is InChI=1S/C20H17ClN2O4S2/c1-12-22-16-5-3-6-18(20(16)28-12)29(26,27)23-15(4-2-7-19(24)25)11-13-10-14(21)8-9-17(13)23/h3,5-6,8-11H,2,4,7H2,1H3,(H,24,25). The van der Waals surface area contributed by atoms with Gasteiger partial charge in [0.2, 0.25) is 0 Å². The van der Waals surface area contributed by atoms with E-state index in [4.69, 9.17) is 16.7 Å². The van der Waals surface area contributed by atoms with Gasteiger partial charge in [-0.2, -0.15) is 0 Å². The zero-order valence-corrected chi connectivity index (χ0v) is 17.8. The highest BCUT2D eigenvalue weighted by Gasteiger charge is 2.26. The minimum Gasteiger partial charge on any atom is -0.481 e. The van der Waals surface area contributed by atoms with Crippen LogP contribution in [-0.2, 0) is 21.2 Å². The average Bonchev–Trinajstić information content (AvgIpc) is 3.19. The van der Waals surface area contributed by atoms with Crippen LogP contribution >= 0.6 is 22.9 Å². The van der Waals surface area contributed by atoms with E-state index in [0.717, 1.165) is 5.01 Å². The Labute approximate surface area is 176 Å². The summed E-state index contributed by atoms with van der Waals surface area (Å²) in [6, 6.07) is 11.8. The molecule has 0 bridgehead atoms. The number of benzene rings is 2. The van der Waals surface area contributed by atoms with Crippen molar-refractivity contribution in [3.8, 4) is 0 Å². The number of carbonyl (C=O) groups is 1. The van der Waals surface area contributed by atoms with E-state index >= 15 is 0 Å². The van der Waals surface area contributed by atoms with Crippen LogP contribution in [0.3, 0.4) is 0 Å². The topological polar surface area (TPSA) is 89.3 Å². The summed E-state index contributed by atoms with van der Waals surface area (Å²) in [5.74, 6) is -0.913. The first-order valence-corrected chi connectivity index (χ1v) is 11.5. The third kappa shape index (κ3) is 3.63. The maximum atomic E-state index is 13.7. The maximum Gasteiger partial charge on any atom is 0.303 e. The molecular formula is C20H17ClN2O4S2. The Morgan fingerprint density at radius 1 is 1.24 bits per heavy atom. The van der Waals surface area contributed by atoms with Crippen molar-refractivity contribution in [1.82, 2.24) is 8.96 Å². The number of hydrogen-bond acceptors (Lipinski definition) is 5. The van der Waals surface area contributed by atoms with Crippen LogP contribution < -0.4 is 0 Å². The lowest BCUT2D eigenvalue weighted by atomic mass is 10.2. The molecule has 0 atom stereocenters. The Morgan fingerprint density at radius 2 is 2.03 bits per heavy atom. The highest BCUT2D eigenvalue weighted by atomic mass is 35.5. The van der Waals surface area contributed by atoms with Crippen molar-refractivity contribution in [2.75, 3.05) is 0 Å². The Balaban J connectivity index is 1.93. The van der Waals surface area contributed by atoms with Crippen LogP contribution in [0.5, 0.6) is 0 Å². The van der Waals surface area contributed by atoms with Crippen molar-refractivity contribution in [1.29, 1.82) is 0 Å². The summed E-state index contributed by atoms with van der Waals surface area (Å²) in [7, 11) is -3.93. The fourth-order valence-electron chi connectivity index (χ4n) is 3.43. The molecule has 150 valence electrons. The Morgan fingerprint density at radius 3 is 2.79 bits per heavy atom.